The van der Waals surface area contributed by atoms with E-state index < -0.39 is 6.04 Å². The number of amides is 2. The molecule has 0 aromatic heterocycles. The lowest BCUT2D eigenvalue weighted by Gasteiger charge is -2.28. The van der Waals surface area contributed by atoms with E-state index in [1.165, 1.54) is 24.3 Å². The molecular formula is C24H21FN2O2. The van der Waals surface area contributed by atoms with Gasteiger partial charge in [0, 0.05) is 17.8 Å². The third-order valence-corrected chi connectivity index (χ3v) is 5.19. The summed E-state index contributed by atoms with van der Waals surface area (Å²) in [4.78, 5) is 27.5. The van der Waals surface area contributed by atoms with E-state index in [9.17, 15) is 14.0 Å². The fraction of sp³-hybridized carbons (Fsp3) is 0.167. The number of halogens is 1. The molecule has 0 fully saturated rings. The molecule has 0 saturated heterocycles. The zero-order valence-electron chi connectivity index (χ0n) is 16.1. The summed E-state index contributed by atoms with van der Waals surface area (Å²) in [6.07, 6.45) is 0.111. The number of benzene rings is 3. The minimum atomic E-state index is -0.393. The quantitative estimate of drug-likeness (QED) is 0.679. The smallest absolute Gasteiger partial charge is 0.255 e. The molecule has 0 spiro atoms. The molecule has 1 heterocycles. The van der Waals surface area contributed by atoms with Gasteiger partial charge in [-0.05, 0) is 48.4 Å². The van der Waals surface area contributed by atoms with Gasteiger partial charge in [0.25, 0.3) is 5.91 Å². The maximum Gasteiger partial charge on any atom is 0.255 e. The Labute approximate surface area is 169 Å². The molecule has 0 radical (unpaired) electrons. The standard InChI is InChI=1S/C24H21FN2O2/c1-16-6-8-17(9-7-16)22(14-23(28)26-20-12-10-19(25)11-13-20)27-15-18-4-2-3-5-21(18)24(27)29/h2-13,22H,14-15H2,1H3,(H,26,28). The average molecular weight is 388 g/mol. The lowest BCUT2D eigenvalue weighted by molar-refractivity contribution is -0.117. The largest absolute Gasteiger partial charge is 0.327 e. The highest BCUT2D eigenvalue weighted by atomic mass is 19.1. The number of anilines is 1. The molecular weight excluding hydrogens is 367 g/mol. The summed E-state index contributed by atoms with van der Waals surface area (Å²) in [5.41, 5.74) is 4.19. The maximum absolute atomic E-state index is 13.1. The Morgan fingerprint density at radius 1 is 1.03 bits per heavy atom. The Balaban J connectivity index is 1.59. The first-order valence-electron chi connectivity index (χ1n) is 9.52. The summed E-state index contributed by atoms with van der Waals surface area (Å²) in [6, 6.07) is 20.7. The Morgan fingerprint density at radius 2 is 1.72 bits per heavy atom. The molecule has 3 aromatic carbocycles. The van der Waals surface area contributed by atoms with E-state index >= 15 is 0 Å². The van der Waals surface area contributed by atoms with Crippen molar-refractivity contribution in [3.63, 3.8) is 0 Å². The van der Waals surface area contributed by atoms with E-state index in [0.717, 1.165) is 16.7 Å². The van der Waals surface area contributed by atoms with Crippen LogP contribution in [0.5, 0.6) is 0 Å². The van der Waals surface area contributed by atoms with Gasteiger partial charge in [0.05, 0.1) is 12.5 Å². The van der Waals surface area contributed by atoms with Crippen LogP contribution in [0, 0.1) is 12.7 Å². The van der Waals surface area contributed by atoms with Crippen molar-refractivity contribution in [2.45, 2.75) is 25.9 Å². The van der Waals surface area contributed by atoms with Gasteiger partial charge < -0.3 is 10.2 Å². The predicted octanol–water partition coefficient (Wildman–Crippen LogP) is 4.86. The van der Waals surface area contributed by atoms with E-state index in [1.807, 2.05) is 55.5 Å². The molecule has 4 nitrogen and oxygen atoms in total. The fourth-order valence-corrected chi connectivity index (χ4v) is 3.65. The molecule has 1 atom stereocenters. The minimum absolute atomic E-state index is 0.0687. The van der Waals surface area contributed by atoms with Gasteiger partial charge >= 0.3 is 0 Å². The first-order chi connectivity index (χ1) is 14.0. The number of hydrogen-bond acceptors (Lipinski definition) is 2. The monoisotopic (exact) mass is 388 g/mol. The number of carbonyl (C=O) groups excluding carboxylic acids is 2. The van der Waals surface area contributed by atoms with Crippen LogP contribution in [0.15, 0.2) is 72.8 Å². The highest BCUT2D eigenvalue weighted by molar-refractivity contribution is 5.99. The third-order valence-electron chi connectivity index (χ3n) is 5.19. The second-order valence-corrected chi connectivity index (χ2v) is 7.28. The number of nitrogens with zero attached hydrogens (tertiary/aromatic N) is 1. The highest BCUT2D eigenvalue weighted by Crippen LogP contribution is 2.33. The van der Waals surface area contributed by atoms with Gasteiger partial charge in [0.15, 0.2) is 0 Å². The van der Waals surface area contributed by atoms with Crippen molar-refractivity contribution in [3.05, 3.63) is 101 Å². The molecule has 2 amide bonds. The fourth-order valence-electron chi connectivity index (χ4n) is 3.65. The zero-order valence-corrected chi connectivity index (χ0v) is 16.1. The summed E-state index contributed by atoms with van der Waals surface area (Å²) in [5, 5.41) is 2.80. The first-order valence-corrected chi connectivity index (χ1v) is 9.52. The van der Waals surface area contributed by atoms with Crippen molar-refractivity contribution >= 4 is 17.5 Å². The topological polar surface area (TPSA) is 49.4 Å². The van der Waals surface area contributed by atoms with Crippen molar-refractivity contribution in [1.82, 2.24) is 4.90 Å². The molecule has 29 heavy (non-hydrogen) atoms. The van der Waals surface area contributed by atoms with Crippen LogP contribution >= 0.6 is 0 Å². The van der Waals surface area contributed by atoms with E-state index in [1.54, 1.807) is 4.90 Å². The number of hydrogen-bond donors (Lipinski definition) is 1. The van der Waals surface area contributed by atoms with E-state index in [2.05, 4.69) is 5.32 Å². The molecule has 5 heteroatoms. The van der Waals surface area contributed by atoms with Crippen molar-refractivity contribution in [1.29, 1.82) is 0 Å². The second-order valence-electron chi connectivity index (χ2n) is 7.28. The van der Waals surface area contributed by atoms with Crippen molar-refractivity contribution < 1.29 is 14.0 Å². The number of fused-ring (bicyclic) bond motifs is 1. The molecule has 1 unspecified atom stereocenters. The highest BCUT2D eigenvalue weighted by Gasteiger charge is 2.34. The van der Waals surface area contributed by atoms with Gasteiger partial charge in [-0.25, -0.2) is 4.39 Å². The van der Waals surface area contributed by atoms with Crippen LogP contribution in [-0.2, 0) is 11.3 Å². The Kier molecular flexibility index (Phi) is 5.12. The van der Waals surface area contributed by atoms with Gasteiger partial charge in [-0.15, -0.1) is 0 Å². The molecule has 146 valence electrons. The summed E-state index contributed by atoms with van der Waals surface area (Å²) >= 11 is 0. The normalized spacial score (nSPS) is 13.9. The Morgan fingerprint density at radius 3 is 2.41 bits per heavy atom. The molecule has 0 saturated carbocycles. The minimum Gasteiger partial charge on any atom is -0.327 e. The van der Waals surface area contributed by atoms with Crippen LogP contribution in [-0.4, -0.2) is 16.7 Å². The Hall–Kier alpha value is -3.47. The van der Waals surface area contributed by atoms with Crippen LogP contribution in [0.1, 0.15) is 39.5 Å². The van der Waals surface area contributed by atoms with E-state index in [4.69, 9.17) is 0 Å². The molecule has 1 N–H and O–H groups in total. The summed E-state index contributed by atoms with van der Waals surface area (Å²) in [5.74, 6) is -0.660. The number of rotatable bonds is 5. The van der Waals surface area contributed by atoms with E-state index in [0.29, 0.717) is 17.8 Å². The maximum atomic E-state index is 13.1. The first kappa shape index (κ1) is 18.9. The third kappa shape index (κ3) is 4.04. The summed E-state index contributed by atoms with van der Waals surface area (Å²) < 4.78 is 13.1. The van der Waals surface area contributed by atoms with Crippen molar-refractivity contribution in [3.8, 4) is 0 Å². The predicted molar refractivity (Wildman–Crippen MR) is 110 cm³/mol. The van der Waals surface area contributed by atoms with Gasteiger partial charge in [-0.3, -0.25) is 9.59 Å². The van der Waals surface area contributed by atoms with E-state index in [-0.39, 0.29) is 24.1 Å². The van der Waals surface area contributed by atoms with Crippen molar-refractivity contribution in [2.24, 2.45) is 0 Å². The van der Waals surface area contributed by atoms with Gasteiger partial charge in [0.1, 0.15) is 5.82 Å². The molecule has 1 aliphatic heterocycles. The number of aryl methyl sites for hydroxylation is 1. The lowest BCUT2D eigenvalue weighted by atomic mass is 10.00. The Bertz CT molecular complexity index is 1050. The zero-order chi connectivity index (χ0) is 20.4. The molecule has 4 rings (SSSR count). The lowest BCUT2D eigenvalue weighted by Crippen LogP contribution is -2.32. The average Bonchev–Trinajstić information content (AvgIpc) is 3.05. The molecule has 1 aliphatic rings. The van der Waals surface area contributed by atoms with Gasteiger partial charge in [-0.1, -0.05) is 48.0 Å². The van der Waals surface area contributed by atoms with Crippen LogP contribution in [0.4, 0.5) is 10.1 Å². The molecule has 0 aliphatic carbocycles. The molecule has 3 aromatic rings. The van der Waals surface area contributed by atoms with Crippen LogP contribution < -0.4 is 5.32 Å². The van der Waals surface area contributed by atoms with Gasteiger partial charge in [0.2, 0.25) is 5.91 Å². The second kappa shape index (κ2) is 7.87. The summed E-state index contributed by atoms with van der Waals surface area (Å²) in [7, 11) is 0. The number of carbonyl (C=O) groups is 2. The molecule has 0 bridgehead atoms. The number of nitrogens with one attached hydrogen (secondary N) is 1. The summed E-state index contributed by atoms with van der Waals surface area (Å²) in [6.45, 7) is 2.47. The van der Waals surface area contributed by atoms with Crippen LogP contribution in [0.3, 0.4) is 0 Å². The SMILES string of the molecule is Cc1ccc(C(CC(=O)Nc2ccc(F)cc2)N2Cc3ccccc3C2=O)cc1. The van der Waals surface area contributed by atoms with Crippen LogP contribution in [0.25, 0.3) is 0 Å². The van der Waals surface area contributed by atoms with Gasteiger partial charge in [-0.2, -0.15) is 0 Å². The van der Waals surface area contributed by atoms with Crippen molar-refractivity contribution in [2.75, 3.05) is 5.32 Å². The van der Waals surface area contributed by atoms with Crippen LogP contribution in [0.2, 0.25) is 0 Å².